The molecule has 0 aromatic heterocycles. The zero-order valence-corrected chi connectivity index (χ0v) is 13.6. The first-order valence-electron chi connectivity index (χ1n) is 7.48. The van der Waals surface area contributed by atoms with E-state index in [0.29, 0.717) is 18.9 Å². The highest BCUT2D eigenvalue weighted by Crippen LogP contribution is 2.30. The van der Waals surface area contributed by atoms with Gasteiger partial charge in [-0.05, 0) is 25.2 Å². The summed E-state index contributed by atoms with van der Waals surface area (Å²) in [4.78, 5) is 26.7. The van der Waals surface area contributed by atoms with Crippen molar-refractivity contribution in [3.8, 4) is 0 Å². The molecular weight excluding hydrogens is 320 g/mol. The summed E-state index contributed by atoms with van der Waals surface area (Å²) < 4.78 is 0.737. The molecule has 0 radical (unpaired) electrons. The quantitative estimate of drug-likeness (QED) is 0.853. The van der Waals surface area contributed by atoms with E-state index in [2.05, 4.69) is 27.8 Å². The van der Waals surface area contributed by atoms with Crippen LogP contribution in [0, 0.1) is 5.92 Å². The summed E-state index contributed by atoms with van der Waals surface area (Å²) in [5.41, 5.74) is 0. The average Bonchev–Trinajstić information content (AvgIpc) is 2.43. The van der Waals surface area contributed by atoms with Crippen LogP contribution in [0.25, 0.3) is 0 Å². The molecule has 0 aromatic rings. The van der Waals surface area contributed by atoms with Gasteiger partial charge in [-0.2, -0.15) is 0 Å². The lowest BCUT2D eigenvalue weighted by atomic mass is 9.82. The van der Waals surface area contributed by atoms with Crippen LogP contribution in [0.2, 0.25) is 0 Å². The molecule has 2 unspecified atom stereocenters. The molecule has 1 N–H and O–H groups in total. The van der Waals surface area contributed by atoms with Gasteiger partial charge in [0.15, 0.2) is 0 Å². The zero-order chi connectivity index (χ0) is 14.7. The number of nitrogens with zero attached hydrogens (tertiary/aromatic N) is 1. The molecule has 2 atom stereocenters. The minimum absolute atomic E-state index is 0.0172. The molecule has 1 heterocycles. The zero-order valence-electron chi connectivity index (χ0n) is 12.0. The summed E-state index contributed by atoms with van der Waals surface area (Å²) in [6, 6.07) is -0.700. The third-order valence-corrected chi connectivity index (χ3v) is 4.63. The van der Waals surface area contributed by atoms with Crippen molar-refractivity contribution in [2.75, 3.05) is 6.54 Å². The van der Waals surface area contributed by atoms with Gasteiger partial charge in [-0.15, -0.1) is 0 Å². The summed E-state index contributed by atoms with van der Waals surface area (Å²) in [6.07, 6.45) is 6.27. The van der Waals surface area contributed by atoms with Crippen LogP contribution in [0.1, 0.15) is 45.4 Å². The van der Waals surface area contributed by atoms with Gasteiger partial charge in [0.2, 0.25) is 11.8 Å². The van der Waals surface area contributed by atoms with Crippen LogP contribution in [0.4, 0.5) is 0 Å². The van der Waals surface area contributed by atoms with Crippen molar-refractivity contribution >= 4 is 27.7 Å². The SMILES string of the molecule is C=C(Br)CN1C(=O)C(C2CCCCC2)NC(=O)C1CC. The van der Waals surface area contributed by atoms with Gasteiger partial charge in [0.1, 0.15) is 12.1 Å². The Bertz CT molecular complexity index is 405. The van der Waals surface area contributed by atoms with Gasteiger partial charge in [-0.25, -0.2) is 0 Å². The van der Waals surface area contributed by atoms with E-state index in [1.165, 1.54) is 6.42 Å². The van der Waals surface area contributed by atoms with Crippen LogP contribution in [-0.4, -0.2) is 35.3 Å². The van der Waals surface area contributed by atoms with Crippen LogP contribution in [0.15, 0.2) is 11.1 Å². The Labute approximate surface area is 129 Å². The molecule has 112 valence electrons. The summed E-state index contributed by atoms with van der Waals surface area (Å²) in [5, 5.41) is 2.96. The fourth-order valence-corrected chi connectivity index (χ4v) is 3.62. The maximum Gasteiger partial charge on any atom is 0.246 e. The number of amides is 2. The smallest absolute Gasteiger partial charge is 0.246 e. The molecule has 1 saturated carbocycles. The van der Waals surface area contributed by atoms with Crippen LogP contribution in [0.5, 0.6) is 0 Å². The molecule has 20 heavy (non-hydrogen) atoms. The Balaban J connectivity index is 2.16. The van der Waals surface area contributed by atoms with E-state index >= 15 is 0 Å². The molecule has 2 amide bonds. The molecule has 5 heteroatoms. The highest BCUT2D eigenvalue weighted by Gasteiger charge is 2.42. The van der Waals surface area contributed by atoms with Crippen LogP contribution in [0.3, 0.4) is 0 Å². The number of carbonyl (C=O) groups excluding carboxylic acids is 2. The lowest BCUT2D eigenvalue weighted by molar-refractivity contribution is -0.150. The molecule has 0 spiro atoms. The van der Waals surface area contributed by atoms with E-state index in [1.807, 2.05) is 6.92 Å². The average molecular weight is 343 g/mol. The number of rotatable bonds is 4. The van der Waals surface area contributed by atoms with Crippen molar-refractivity contribution in [3.63, 3.8) is 0 Å². The van der Waals surface area contributed by atoms with Crippen LogP contribution in [-0.2, 0) is 9.59 Å². The molecule has 2 aliphatic rings. The maximum atomic E-state index is 12.7. The molecule has 2 fully saturated rings. The maximum absolute atomic E-state index is 12.7. The topological polar surface area (TPSA) is 49.4 Å². The largest absolute Gasteiger partial charge is 0.342 e. The fourth-order valence-electron chi connectivity index (χ4n) is 3.35. The Morgan fingerprint density at radius 1 is 1.35 bits per heavy atom. The van der Waals surface area contributed by atoms with E-state index in [1.54, 1.807) is 4.90 Å². The number of piperazine rings is 1. The van der Waals surface area contributed by atoms with Gasteiger partial charge in [0.25, 0.3) is 0 Å². The highest BCUT2D eigenvalue weighted by atomic mass is 79.9. The Morgan fingerprint density at radius 3 is 2.55 bits per heavy atom. The second-order valence-electron chi connectivity index (χ2n) is 5.79. The molecule has 0 aromatic carbocycles. The summed E-state index contributed by atoms with van der Waals surface area (Å²) >= 11 is 3.31. The molecular formula is C15H23BrN2O2. The van der Waals surface area contributed by atoms with Crippen molar-refractivity contribution in [1.82, 2.24) is 10.2 Å². The lowest BCUT2D eigenvalue weighted by Crippen LogP contribution is -2.65. The van der Waals surface area contributed by atoms with Crippen LogP contribution < -0.4 is 5.32 Å². The van der Waals surface area contributed by atoms with Gasteiger partial charge < -0.3 is 10.2 Å². The van der Waals surface area contributed by atoms with Crippen molar-refractivity contribution in [3.05, 3.63) is 11.1 Å². The number of halogens is 1. The van der Waals surface area contributed by atoms with E-state index < -0.39 is 0 Å². The van der Waals surface area contributed by atoms with Gasteiger partial charge in [-0.3, -0.25) is 9.59 Å². The number of hydrogen-bond donors (Lipinski definition) is 1. The first kappa shape index (κ1) is 15.5. The standard InChI is InChI=1S/C15H23BrN2O2/c1-3-12-14(19)17-13(11-7-5-4-6-8-11)15(20)18(12)9-10(2)16/h11-13H,2-9H2,1H3,(H,17,19). The van der Waals surface area contributed by atoms with Gasteiger partial charge >= 0.3 is 0 Å². The fraction of sp³-hybridized carbons (Fsp3) is 0.733. The number of carbonyl (C=O) groups is 2. The molecule has 1 saturated heterocycles. The first-order chi connectivity index (χ1) is 9.54. The summed E-state index contributed by atoms with van der Waals surface area (Å²) in [7, 11) is 0. The predicted molar refractivity (Wildman–Crippen MR) is 82.4 cm³/mol. The van der Waals surface area contributed by atoms with Gasteiger partial charge in [0, 0.05) is 4.48 Å². The second kappa shape index (κ2) is 6.74. The van der Waals surface area contributed by atoms with Crippen molar-refractivity contribution in [2.45, 2.75) is 57.5 Å². The Hall–Kier alpha value is -0.840. The Kier molecular flexibility index (Phi) is 5.24. The van der Waals surface area contributed by atoms with Crippen molar-refractivity contribution in [2.24, 2.45) is 5.92 Å². The van der Waals surface area contributed by atoms with E-state index in [0.717, 1.165) is 30.2 Å². The van der Waals surface area contributed by atoms with Crippen molar-refractivity contribution in [1.29, 1.82) is 0 Å². The Morgan fingerprint density at radius 2 is 2.00 bits per heavy atom. The van der Waals surface area contributed by atoms with Gasteiger partial charge in [-0.1, -0.05) is 48.7 Å². The molecule has 0 bridgehead atoms. The van der Waals surface area contributed by atoms with E-state index in [4.69, 9.17) is 0 Å². The van der Waals surface area contributed by atoms with Gasteiger partial charge in [0.05, 0.1) is 6.54 Å². The first-order valence-corrected chi connectivity index (χ1v) is 8.28. The number of hydrogen-bond acceptors (Lipinski definition) is 2. The third kappa shape index (κ3) is 3.25. The van der Waals surface area contributed by atoms with Crippen molar-refractivity contribution < 1.29 is 9.59 Å². The number of nitrogens with one attached hydrogen (secondary N) is 1. The highest BCUT2D eigenvalue weighted by molar-refractivity contribution is 9.11. The van der Waals surface area contributed by atoms with E-state index in [-0.39, 0.29) is 23.9 Å². The minimum Gasteiger partial charge on any atom is -0.342 e. The second-order valence-corrected chi connectivity index (χ2v) is 6.91. The molecule has 1 aliphatic heterocycles. The normalized spacial score (nSPS) is 28.4. The molecule has 4 nitrogen and oxygen atoms in total. The lowest BCUT2D eigenvalue weighted by Gasteiger charge is -2.42. The summed E-state index contributed by atoms with van der Waals surface area (Å²) in [5.74, 6) is 0.337. The molecule has 1 aliphatic carbocycles. The monoisotopic (exact) mass is 342 g/mol. The minimum atomic E-state index is -0.364. The summed E-state index contributed by atoms with van der Waals surface area (Å²) in [6.45, 7) is 6.15. The van der Waals surface area contributed by atoms with Crippen LogP contribution >= 0.6 is 15.9 Å². The molecule has 2 rings (SSSR count). The third-order valence-electron chi connectivity index (χ3n) is 4.38. The van der Waals surface area contributed by atoms with E-state index in [9.17, 15) is 9.59 Å². The predicted octanol–water partition coefficient (Wildman–Crippen LogP) is 2.58.